The molecule has 10 heteroatoms. The fraction of sp³-hybridized carbons (Fsp3) is 0.278. The number of aromatic nitrogens is 1. The van der Waals surface area contributed by atoms with Gasteiger partial charge in [-0.3, -0.25) is 10.1 Å². The Hall–Kier alpha value is -3.14. The molecule has 2 aromatic rings. The summed E-state index contributed by atoms with van der Waals surface area (Å²) in [6.45, 7) is 1.80. The molecular formula is C18H17F3N4O3. The first-order valence-electron chi connectivity index (χ1n) is 8.42. The number of amides is 3. The van der Waals surface area contributed by atoms with Gasteiger partial charge in [0.15, 0.2) is 0 Å². The molecule has 3 rings (SSSR count). The molecule has 0 atom stereocenters. The molecule has 0 spiro atoms. The van der Waals surface area contributed by atoms with Crippen LogP contribution in [0, 0.1) is 0 Å². The molecule has 1 fully saturated rings. The first kappa shape index (κ1) is 19.6. The number of carbonyl (C=O) groups excluding carboxylic acids is 2. The molecule has 7 nitrogen and oxygen atoms in total. The number of hydrogen-bond acceptors (Lipinski definition) is 4. The first-order chi connectivity index (χ1) is 13.3. The van der Waals surface area contributed by atoms with E-state index >= 15 is 0 Å². The monoisotopic (exact) mass is 394 g/mol. The molecule has 28 heavy (non-hydrogen) atoms. The van der Waals surface area contributed by atoms with E-state index in [1.54, 1.807) is 11.0 Å². The Morgan fingerprint density at radius 3 is 2.46 bits per heavy atom. The van der Waals surface area contributed by atoms with Gasteiger partial charge in [0.1, 0.15) is 11.5 Å². The fourth-order valence-electron chi connectivity index (χ4n) is 2.60. The van der Waals surface area contributed by atoms with Crippen molar-refractivity contribution in [2.75, 3.05) is 36.9 Å². The van der Waals surface area contributed by atoms with Crippen molar-refractivity contribution in [1.29, 1.82) is 0 Å². The maximum atomic E-state index is 12.7. The highest BCUT2D eigenvalue weighted by Crippen LogP contribution is 2.30. The summed E-state index contributed by atoms with van der Waals surface area (Å²) in [5.74, 6) is -0.186. The second kappa shape index (κ2) is 8.26. The minimum atomic E-state index is -4.51. The van der Waals surface area contributed by atoms with Crippen molar-refractivity contribution in [2.45, 2.75) is 6.18 Å². The summed E-state index contributed by atoms with van der Waals surface area (Å²) < 4.78 is 43.4. The van der Waals surface area contributed by atoms with E-state index in [1.165, 1.54) is 24.3 Å². The number of rotatable bonds is 3. The molecule has 148 valence electrons. The zero-order chi connectivity index (χ0) is 20.1. The lowest BCUT2D eigenvalue weighted by molar-refractivity contribution is -0.137. The lowest BCUT2D eigenvalue weighted by Crippen LogP contribution is -2.41. The minimum absolute atomic E-state index is 0.0205. The van der Waals surface area contributed by atoms with Gasteiger partial charge in [-0.2, -0.15) is 13.2 Å². The van der Waals surface area contributed by atoms with Gasteiger partial charge in [-0.05, 0) is 30.3 Å². The molecule has 3 amide bonds. The molecule has 1 aromatic carbocycles. The molecule has 2 heterocycles. The average molecular weight is 394 g/mol. The lowest BCUT2D eigenvalue weighted by atomic mass is 10.2. The maximum Gasteiger partial charge on any atom is 0.416 e. The summed E-state index contributed by atoms with van der Waals surface area (Å²) in [6.07, 6.45) is -4.51. The highest BCUT2D eigenvalue weighted by atomic mass is 19.4. The smallest absolute Gasteiger partial charge is 0.378 e. The largest absolute Gasteiger partial charge is 0.416 e. The van der Waals surface area contributed by atoms with E-state index in [-0.39, 0.29) is 23.1 Å². The van der Waals surface area contributed by atoms with Crippen molar-refractivity contribution in [2.24, 2.45) is 0 Å². The third kappa shape index (κ3) is 4.97. The van der Waals surface area contributed by atoms with Crippen molar-refractivity contribution in [3.8, 4) is 0 Å². The van der Waals surface area contributed by atoms with E-state index < -0.39 is 17.8 Å². The standard InChI is InChI=1S/C18H17F3N4O3/c19-18(20,21)12-3-1-4-13(11-12)22-17(27)24-15-6-2-5-14(23-15)16(26)25-7-9-28-10-8-25/h1-6,11H,7-10H2,(H2,22,23,24,27). The minimum Gasteiger partial charge on any atom is -0.378 e. The van der Waals surface area contributed by atoms with Crippen LogP contribution in [0.5, 0.6) is 0 Å². The first-order valence-corrected chi connectivity index (χ1v) is 8.42. The van der Waals surface area contributed by atoms with Crippen LogP contribution in [0.15, 0.2) is 42.5 Å². The van der Waals surface area contributed by atoms with Crippen molar-refractivity contribution >= 4 is 23.4 Å². The number of benzene rings is 1. The van der Waals surface area contributed by atoms with Crippen LogP contribution in [0.2, 0.25) is 0 Å². The van der Waals surface area contributed by atoms with Crippen molar-refractivity contribution in [3.63, 3.8) is 0 Å². The molecule has 0 unspecified atom stereocenters. The van der Waals surface area contributed by atoms with Gasteiger partial charge in [0.05, 0.1) is 18.8 Å². The molecule has 0 aliphatic carbocycles. The van der Waals surface area contributed by atoms with Crippen LogP contribution in [-0.2, 0) is 10.9 Å². The van der Waals surface area contributed by atoms with Crippen LogP contribution in [0.4, 0.5) is 29.5 Å². The maximum absolute atomic E-state index is 12.7. The van der Waals surface area contributed by atoms with Crippen molar-refractivity contribution < 1.29 is 27.5 Å². The molecule has 0 radical (unpaired) electrons. The van der Waals surface area contributed by atoms with Gasteiger partial charge >= 0.3 is 12.2 Å². The predicted molar refractivity (Wildman–Crippen MR) is 95.0 cm³/mol. The van der Waals surface area contributed by atoms with Gasteiger partial charge in [0.25, 0.3) is 5.91 Å². The molecule has 1 saturated heterocycles. The number of anilines is 2. The quantitative estimate of drug-likeness (QED) is 0.837. The van der Waals surface area contributed by atoms with Gasteiger partial charge in [0.2, 0.25) is 0 Å². The molecule has 1 aromatic heterocycles. The zero-order valence-electron chi connectivity index (χ0n) is 14.6. The number of hydrogen-bond donors (Lipinski definition) is 2. The number of nitrogens with zero attached hydrogens (tertiary/aromatic N) is 2. The number of nitrogens with one attached hydrogen (secondary N) is 2. The third-order valence-electron chi connectivity index (χ3n) is 3.96. The van der Waals surface area contributed by atoms with E-state index in [0.717, 1.165) is 12.1 Å². The summed E-state index contributed by atoms with van der Waals surface area (Å²) in [7, 11) is 0. The average Bonchev–Trinajstić information content (AvgIpc) is 2.68. The Kier molecular flexibility index (Phi) is 5.78. The van der Waals surface area contributed by atoms with E-state index in [4.69, 9.17) is 4.74 Å². The molecule has 1 aliphatic rings. The summed E-state index contributed by atoms with van der Waals surface area (Å²) in [4.78, 5) is 30.2. The summed E-state index contributed by atoms with van der Waals surface area (Å²) in [5, 5.41) is 4.72. The molecular weight excluding hydrogens is 377 g/mol. The van der Waals surface area contributed by atoms with E-state index in [0.29, 0.717) is 26.3 Å². The van der Waals surface area contributed by atoms with Crippen LogP contribution >= 0.6 is 0 Å². The van der Waals surface area contributed by atoms with Gasteiger partial charge in [0, 0.05) is 18.8 Å². The zero-order valence-corrected chi connectivity index (χ0v) is 14.6. The van der Waals surface area contributed by atoms with Gasteiger partial charge in [-0.15, -0.1) is 0 Å². The van der Waals surface area contributed by atoms with E-state index in [9.17, 15) is 22.8 Å². The van der Waals surface area contributed by atoms with Gasteiger partial charge in [-0.1, -0.05) is 12.1 Å². The third-order valence-corrected chi connectivity index (χ3v) is 3.96. The lowest BCUT2D eigenvalue weighted by Gasteiger charge is -2.26. The topological polar surface area (TPSA) is 83.6 Å². The molecule has 1 aliphatic heterocycles. The highest BCUT2D eigenvalue weighted by molar-refractivity contribution is 6.00. The van der Waals surface area contributed by atoms with Crippen LogP contribution in [0.3, 0.4) is 0 Å². The number of alkyl halides is 3. The van der Waals surface area contributed by atoms with Crippen LogP contribution in [-0.4, -0.2) is 48.1 Å². The number of halogens is 3. The van der Waals surface area contributed by atoms with Crippen LogP contribution < -0.4 is 10.6 Å². The van der Waals surface area contributed by atoms with Crippen LogP contribution in [0.1, 0.15) is 16.1 Å². The Morgan fingerprint density at radius 1 is 1.04 bits per heavy atom. The second-order valence-corrected chi connectivity index (χ2v) is 5.97. The Labute approximate surface area is 158 Å². The van der Waals surface area contributed by atoms with E-state index in [2.05, 4.69) is 15.6 Å². The van der Waals surface area contributed by atoms with Crippen molar-refractivity contribution in [1.82, 2.24) is 9.88 Å². The summed E-state index contributed by atoms with van der Waals surface area (Å²) in [5.41, 5.74) is -0.742. The predicted octanol–water partition coefficient (Wildman–Crippen LogP) is 3.22. The SMILES string of the molecule is O=C(Nc1cccc(C(F)(F)F)c1)Nc1cccc(C(=O)N2CCOCC2)n1. The number of ether oxygens (including phenoxy) is 1. The molecule has 0 saturated carbocycles. The molecule has 2 N–H and O–H groups in total. The number of urea groups is 1. The number of carbonyl (C=O) groups is 2. The van der Waals surface area contributed by atoms with Crippen LogP contribution in [0.25, 0.3) is 0 Å². The Morgan fingerprint density at radius 2 is 1.75 bits per heavy atom. The fourth-order valence-corrected chi connectivity index (χ4v) is 2.60. The Bertz CT molecular complexity index is 867. The normalized spacial score (nSPS) is 14.5. The number of pyridine rings is 1. The highest BCUT2D eigenvalue weighted by Gasteiger charge is 2.30. The molecule has 0 bridgehead atoms. The van der Waals surface area contributed by atoms with Gasteiger partial charge in [-0.25, -0.2) is 9.78 Å². The van der Waals surface area contributed by atoms with Gasteiger partial charge < -0.3 is 15.0 Å². The number of morpholine rings is 1. The second-order valence-electron chi connectivity index (χ2n) is 5.97. The van der Waals surface area contributed by atoms with E-state index in [1.807, 2.05) is 0 Å². The summed E-state index contributed by atoms with van der Waals surface area (Å²) in [6, 6.07) is 8.04. The Balaban J connectivity index is 1.65. The van der Waals surface area contributed by atoms with Crippen molar-refractivity contribution in [3.05, 3.63) is 53.7 Å². The summed E-state index contributed by atoms with van der Waals surface area (Å²) >= 11 is 0.